The van der Waals surface area contributed by atoms with Crippen molar-refractivity contribution in [2.45, 2.75) is 87.9 Å². The van der Waals surface area contributed by atoms with E-state index < -0.39 is 0 Å². The summed E-state index contributed by atoms with van der Waals surface area (Å²) in [6.07, 6.45) is 15.0. The predicted molar refractivity (Wildman–Crippen MR) is 199 cm³/mol. The average Bonchev–Trinajstić information content (AvgIpc) is 3.06. The predicted octanol–water partition coefficient (Wildman–Crippen LogP) is 10.7. The molecule has 6 N–H and O–H groups in total. The maximum atomic E-state index is 7.42. The van der Waals surface area contributed by atoms with Crippen LogP contribution < -0.4 is 31.4 Å². The molecule has 8 bridgehead atoms. The summed E-state index contributed by atoms with van der Waals surface area (Å²) >= 11 is 0. The second kappa shape index (κ2) is 11.3. The van der Waals surface area contributed by atoms with E-state index >= 15 is 0 Å². The van der Waals surface area contributed by atoms with Crippen LogP contribution in [0.3, 0.4) is 0 Å². The summed E-state index contributed by atoms with van der Waals surface area (Å²) in [5.41, 5.74) is 24.1. The Labute approximate surface area is 295 Å². The number of para-hydroxylation sites is 6. The van der Waals surface area contributed by atoms with Crippen LogP contribution in [-0.4, -0.2) is 0 Å². The first-order valence-corrected chi connectivity index (χ1v) is 19.1. The van der Waals surface area contributed by atoms with Crippen molar-refractivity contribution in [1.82, 2.24) is 0 Å². The molecule has 0 aromatic heterocycles. The number of hydrogen-bond acceptors (Lipinski definition) is 6. The number of anilines is 3. The fourth-order valence-corrected chi connectivity index (χ4v) is 12.8. The van der Waals surface area contributed by atoms with Gasteiger partial charge in [-0.1, -0.05) is 36.4 Å². The minimum Gasteiger partial charge on any atom is -0.455 e. The SMILES string of the molecule is Nc1ccccc1Oc1cc(Oc2ccccc2N)c(C23CC4CC(CC(C4)C2)C3)c(Oc2ccccc2N)c1C12CC3CC(CC(C3)C1)C2. The van der Waals surface area contributed by atoms with Gasteiger partial charge in [-0.3, -0.25) is 0 Å². The van der Waals surface area contributed by atoms with Gasteiger partial charge in [0.1, 0.15) is 34.5 Å². The van der Waals surface area contributed by atoms with Crippen LogP contribution in [0.5, 0.6) is 34.5 Å². The van der Waals surface area contributed by atoms with Gasteiger partial charge in [0.15, 0.2) is 0 Å². The van der Waals surface area contributed by atoms with E-state index in [-0.39, 0.29) is 10.8 Å². The lowest BCUT2D eigenvalue weighted by atomic mass is 9.46. The molecule has 0 amide bonds. The Balaban J connectivity index is 1.28. The summed E-state index contributed by atoms with van der Waals surface area (Å²) < 4.78 is 21.6. The summed E-state index contributed by atoms with van der Waals surface area (Å²) in [5, 5.41) is 0. The van der Waals surface area contributed by atoms with Gasteiger partial charge in [0.2, 0.25) is 0 Å². The number of nitrogens with two attached hydrogens (primary N) is 3. The fraction of sp³-hybridized carbons (Fsp3) is 0.455. The minimum atomic E-state index is -0.0617. The normalized spacial score (nSPS) is 33.0. The van der Waals surface area contributed by atoms with Crippen LogP contribution in [0.1, 0.15) is 88.2 Å². The van der Waals surface area contributed by atoms with Gasteiger partial charge in [0.25, 0.3) is 0 Å². The Bertz CT molecular complexity index is 1780. The lowest BCUT2D eigenvalue weighted by Crippen LogP contribution is -2.50. The molecule has 8 fully saturated rings. The topological polar surface area (TPSA) is 106 Å². The zero-order valence-corrected chi connectivity index (χ0v) is 28.9. The van der Waals surface area contributed by atoms with Crippen LogP contribution in [-0.2, 0) is 10.8 Å². The van der Waals surface area contributed by atoms with Crippen LogP contribution in [0.25, 0.3) is 0 Å². The van der Waals surface area contributed by atoms with E-state index in [2.05, 4.69) is 6.07 Å². The Kier molecular flexibility index (Phi) is 6.92. The van der Waals surface area contributed by atoms with Crippen molar-refractivity contribution in [1.29, 1.82) is 0 Å². The molecular weight excluding hydrogens is 619 g/mol. The molecule has 8 saturated carbocycles. The molecule has 0 aliphatic heterocycles. The van der Waals surface area contributed by atoms with Crippen molar-refractivity contribution in [2.75, 3.05) is 17.2 Å². The average molecular weight is 668 g/mol. The summed E-state index contributed by atoms with van der Waals surface area (Å²) in [6, 6.07) is 25.8. The molecule has 12 rings (SSSR count). The maximum Gasteiger partial charge on any atom is 0.150 e. The second-order valence-electron chi connectivity index (χ2n) is 17.3. The van der Waals surface area contributed by atoms with Crippen molar-refractivity contribution in [3.8, 4) is 34.5 Å². The van der Waals surface area contributed by atoms with Crippen LogP contribution in [0.4, 0.5) is 17.1 Å². The van der Waals surface area contributed by atoms with E-state index in [0.717, 1.165) is 91.3 Å². The van der Waals surface area contributed by atoms with E-state index in [1.54, 1.807) is 0 Å². The monoisotopic (exact) mass is 667 g/mol. The van der Waals surface area contributed by atoms with E-state index in [0.29, 0.717) is 34.3 Å². The number of rotatable bonds is 8. The van der Waals surface area contributed by atoms with Gasteiger partial charge < -0.3 is 31.4 Å². The van der Waals surface area contributed by atoms with Gasteiger partial charge in [0, 0.05) is 28.0 Å². The van der Waals surface area contributed by atoms with Crippen molar-refractivity contribution in [3.63, 3.8) is 0 Å². The van der Waals surface area contributed by atoms with Crippen molar-refractivity contribution in [2.24, 2.45) is 35.5 Å². The molecule has 4 aromatic carbocycles. The molecule has 4 aromatic rings. The smallest absolute Gasteiger partial charge is 0.150 e. The van der Waals surface area contributed by atoms with Crippen LogP contribution in [0.15, 0.2) is 78.9 Å². The highest BCUT2D eigenvalue weighted by Crippen LogP contribution is 2.69. The number of hydrogen-bond donors (Lipinski definition) is 3. The molecule has 6 heteroatoms. The van der Waals surface area contributed by atoms with Gasteiger partial charge in [-0.15, -0.1) is 0 Å². The number of nitrogen functional groups attached to an aromatic ring is 3. The summed E-state index contributed by atoms with van der Waals surface area (Å²) in [5.74, 6) is 8.85. The molecule has 8 aliphatic rings. The van der Waals surface area contributed by atoms with E-state index in [4.69, 9.17) is 31.4 Å². The highest BCUT2D eigenvalue weighted by atomic mass is 16.5. The van der Waals surface area contributed by atoms with E-state index in [9.17, 15) is 0 Å². The lowest BCUT2D eigenvalue weighted by molar-refractivity contribution is -0.0110. The van der Waals surface area contributed by atoms with Crippen LogP contribution >= 0.6 is 0 Å². The van der Waals surface area contributed by atoms with Crippen LogP contribution in [0, 0.1) is 35.5 Å². The van der Waals surface area contributed by atoms with Crippen molar-refractivity contribution in [3.05, 3.63) is 90.0 Å². The summed E-state index contributed by atoms with van der Waals surface area (Å²) in [6.45, 7) is 0. The Morgan fingerprint density at radius 3 is 1.02 bits per heavy atom. The molecule has 0 atom stereocenters. The molecule has 6 nitrogen and oxygen atoms in total. The summed E-state index contributed by atoms with van der Waals surface area (Å²) in [7, 11) is 0. The summed E-state index contributed by atoms with van der Waals surface area (Å²) in [4.78, 5) is 0. The molecule has 0 radical (unpaired) electrons. The van der Waals surface area contributed by atoms with Gasteiger partial charge in [-0.25, -0.2) is 0 Å². The zero-order chi connectivity index (χ0) is 33.6. The minimum absolute atomic E-state index is 0.0617. The highest BCUT2D eigenvalue weighted by Gasteiger charge is 2.58. The lowest BCUT2D eigenvalue weighted by Gasteiger charge is -2.59. The Morgan fingerprint density at radius 1 is 0.400 bits per heavy atom. The third kappa shape index (κ3) is 4.96. The Morgan fingerprint density at radius 2 is 0.700 bits per heavy atom. The van der Waals surface area contributed by atoms with Gasteiger partial charge in [-0.2, -0.15) is 0 Å². The maximum absolute atomic E-state index is 7.42. The first-order valence-electron chi connectivity index (χ1n) is 19.1. The van der Waals surface area contributed by atoms with Gasteiger partial charge in [0.05, 0.1) is 17.1 Å². The molecule has 0 heterocycles. The van der Waals surface area contributed by atoms with Gasteiger partial charge in [-0.05, 0) is 149 Å². The second-order valence-corrected chi connectivity index (χ2v) is 17.3. The first kappa shape index (κ1) is 30.5. The zero-order valence-electron chi connectivity index (χ0n) is 28.9. The highest BCUT2D eigenvalue weighted by molar-refractivity contribution is 5.69. The number of ether oxygens (including phenoxy) is 3. The van der Waals surface area contributed by atoms with Gasteiger partial charge >= 0.3 is 0 Å². The Hall–Kier alpha value is -4.32. The molecule has 50 heavy (non-hydrogen) atoms. The van der Waals surface area contributed by atoms with Crippen molar-refractivity contribution < 1.29 is 14.2 Å². The first-order chi connectivity index (χ1) is 24.3. The molecular formula is C44H49N3O3. The standard InChI is InChI=1S/C44H49N3O3/c45-32-7-1-4-10-35(32)48-38-19-39(49-36-11-5-2-8-33(36)46)41(44-23-29-16-30(24-44)18-31(17-29)25-44)42(50-37-12-6-3-9-34(37)47)40(38)43-20-26-13-27(21-43)15-28(14-26)22-43/h1-12,19,26-31H,13-18,20-25,45-47H2. The third-order valence-electron chi connectivity index (χ3n) is 13.8. The molecule has 258 valence electrons. The quantitative estimate of drug-likeness (QED) is 0.162. The molecule has 0 spiro atoms. The molecule has 0 unspecified atom stereocenters. The van der Waals surface area contributed by atoms with Crippen molar-refractivity contribution >= 4 is 17.1 Å². The fourth-order valence-electron chi connectivity index (χ4n) is 12.8. The molecule has 8 aliphatic carbocycles. The largest absolute Gasteiger partial charge is 0.455 e. The van der Waals surface area contributed by atoms with E-state index in [1.807, 2.05) is 72.8 Å². The number of benzene rings is 4. The van der Waals surface area contributed by atoms with Crippen LogP contribution in [0.2, 0.25) is 0 Å². The van der Waals surface area contributed by atoms with E-state index in [1.165, 1.54) is 49.7 Å². The molecule has 0 saturated heterocycles. The third-order valence-corrected chi connectivity index (χ3v) is 13.8.